The summed E-state index contributed by atoms with van der Waals surface area (Å²) in [5.74, 6) is -0.0364. The number of ether oxygens (including phenoxy) is 1. The molecule has 0 aromatic heterocycles. The highest BCUT2D eigenvalue weighted by Gasteiger charge is 2.10. The standard InChI is InChI=1S/C15H14O3S/c1-18-12-7-3-5-9-14(12)19-13-8-4-2-6-11(13)10-15(16)17/h2-9H,10H2,1H3,(H,16,17). The van der Waals surface area contributed by atoms with Gasteiger partial charge in [-0.3, -0.25) is 4.79 Å². The highest BCUT2D eigenvalue weighted by atomic mass is 32.2. The maximum Gasteiger partial charge on any atom is 0.307 e. The maximum atomic E-state index is 10.9. The van der Waals surface area contributed by atoms with Crippen molar-refractivity contribution in [2.75, 3.05) is 7.11 Å². The fourth-order valence-corrected chi connectivity index (χ4v) is 2.79. The van der Waals surface area contributed by atoms with E-state index in [0.29, 0.717) is 0 Å². The molecule has 1 N–H and O–H groups in total. The van der Waals surface area contributed by atoms with E-state index in [1.165, 1.54) is 11.8 Å². The van der Waals surface area contributed by atoms with Gasteiger partial charge < -0.3 is 9.84 Å². The number of hydrogen-bond acceptors (Lipinski definition) is 3. The van der Waals surface area contributed by atoms with Gasteiger partial charge >= 0.3 is 5.97 Å². The van der Waals surface area contributed by atoms with Crippen LogP contribution in [0.3, 0.4) is 0 Å². The fraction of sp³-hybridized carbons (Fsp3) is 0.133. The van der Waals surface area contributed by atoms with E-state index in [0.717, 1.165) is 21.1 Å². The Balaban J connectivity index is 2.30. The molecule has 2 aromatic carbocycles. The Bertz CT molecular complexity index is 581. The van der Waals surface area contributed by atoms with E-state index in [1.807, 2.05) is 48.5 Å². The van der Waals surface area contributed by atoms with Crippen LogP contribution in [0, 0.1) is 0 Å². The molecule has 0 aliphatic heterocycles. The number of para-hydroxylation sites is 1. The van der Waals surface area contributed by atoms with Gasteiger partial charge in [0.05, 0.1) is 18.4 Å². The first kappa shape index (κ1) is 13.5. The van der Waals surface area contributed by atoms with Crippen molar-refractivity contribution in [1.29, 1.82) is 0 Å². The lowest BCUT2D eigenvalue weighted by molar-refractivity contribution is -0.136. The van der Waals surface area contributed by atoms with Gasteiger partial charge in [-0.25, -0.2) is 0 Å². The lowest BCUT2D eigenvalue weighted by Gasteiger charge is -2.10. The van der Waals surface area contributed by atoms with Gasteiger partial charge in [-0.15, -0.1) is 0 Å². The topological polar surface area (TPSA) is 46.5 Å². The Morgan fingerprint density at radius 3 is 2.42 bits per heavy atom. The molecule has 0 saturated carbocycles. The number of aliphatic carboxylic acids is 1. The van der Waals surface area contributed by atoms with Gasteiger partial charge in [0.2, 0.25) is 0 Å². The molecular formula is C15H14O3S. The van der Waals surface area contributed by atoms with Crippen LogP contribution in [-0.2, 0) is 11.2 Å². The van der Waals surface area contributed by atoms with Crippen LogP contribution in [0.25, 0.3) is 0 Å². The largest absolute Gasteiger partial charge is 0.496 e. The Morgan fingerprint density at radius 1 is 1.11 bits per heavy atom. The van der Waals surface area contributed by atoms with Crippen LogP contribution in [0.15, 0.2) is 58.3 Å². The molecule has 2 rings (SSSR count). The molecule has 19 heavy (non-hydrogen) atoms. The van der Waals surface area contributed by atoms with E-state index in [9.17, 15) is 4.79 Å². The molecule has 4 heteroatoms. The minimum Gasteiger partial charge on any atom is -0.496 e. The summed E-state index contributed by atoms with van der Waals surface area (Å²) in [6.45, 7) is 0. The molecule has 0 fully saturated rings. The molecule has 0 saturated heterocycles. The Hall–Kier alpha value is -1.94. The molecule has 0 amide bonds. The van der Waals surface area contributed by atoms with Crippen molar-refractivity contribution in [3.63, 3.8) is 0 Å². The second kappa shape index (κ2) is 6.29. The van der Waals surface area contributed by atoms with E-state index in [-0.39, 0.29) is 6.42 Å². The Morgan fingerprint density at radius 2 is 1.74 bits per heavy atom. The van der Waals surface area contributed by atoms with Crippen molar-refractivity contribution < 1.29 is 14.6 Å². The summed E-state index contributed by atoms with van der Waals surface area (Å²) in [6.07, 6.45) is 0.0261. The van der Waals surface area contributed by atoms with Gasteiger partial charge in [0.25, 0.3) is 0 Å². The Labute approximate surface area is 116 Å². The zero-order valence-electron chi connectivity index (χ0n) is 10.5. The molecule has 0 bridgehead atoms. The van der Waals surface area contributed by atoms with Gasteiger partial charge in [-0.2, -0.15) is 0 Å². The average molecular weight is 274 g/mol. The second-order valence-corrected chi connectivity index (χ2v) is 5.01. The van der Waals surface area contributed by atoms with Crippen LogP contribution in [0.1, 0.15) is 5.56 Å². The number of carboxylic acids is 1. The first-order valence-electron chi connectivity index (χ1n) is 5.81. The molecular weight excluding hydrogens is 260 g/mol. The number of rotatable bonds is 5. The molecule has 0 atom stereocenters. The molecule has 98 valence electrons. The first-order chi connectivity index (χ1) is 9.20. The predicted octanol–water partition coefficient (Wildman–Crippen LogP) is 3.47. The summed E-state index contributed by atoms with van der Waals surface area (Å²) in [5.41, 5.74) is 0.811. The van der Waals surface area contributed by atoms with Crippen molar-refractivity contribution in [2.45, 2.75) is 16.2 Å². The second-order valence-electron chi connectivity index (χ2n) is 3.93. The lowest BCUT2D eigenvalue weighted by Crippen LogP contribution is -2.01. The van der Waals surface area contributed by atoms with E-state index >= 15 is 0 Å². The van der Waals surface area contributed by atoms with Crippen molar-refractivity contribution in [3.05, 3.63) is 54.1 Å². The quantitative estimate of drug-likeness (QED) is 0.906. The Kier molecular flexibility index (Phi) is 4.47. The molecule has 0 spiro atoms. The lowest BCUT2D eigenvalue weighted by atomic mass is 10.1. The summed E-state index contributed by atoms with van der Waals surface area (Å²) in [4.78, 5) is 12.8. The summed E-state index contributed by atoms with van der Waals surface area (Å²) in [6, 6.07) is 15.2. The average Bonchev–Trinajstić information content (AvgIpc) is 2.41. The van der Waals surface area contributed by atoms with Gasteiger partial charge in [-0.1, -0.05) is 42.1 Å². The number of hydrogen-bond donors (Lipinski definition) is 1. The molecule has 3 nitrogen and oxygen atoms in total. The third-order valence-electron chi connectivity index (χ3n) is 2.60. The number of methoxy groups -OCH3 is 1. The van der Waals surface area contributed by atoms with Gasteiger partial charge in [0.15, 0.2) is 0 Å². The van der Waals surface area contributed by atoms with Crippen LogP contribution < -0.4 is 4.74 Å². The van der Waals surface area contributed by atoms with Crippen LogP contribution in [-0.4, -0.2) is 18.2 Å². The van der Waals surface area contributed by atoms with Crippen molar-refractivity contribution in [1.82, 2.24) is 0 Å². The normalized spacial score (nSPS) is 10.2. The van der Waals surface area contributed by atoms with Crippen molar-refractivity contribution in [3.8, 4) is 5.75 Å². The fourth-order valence-electron chi connectivity index (χ4n) is 1.73. The predicted molar refractivity (Wildman–Crippen MR) is 74.9 cm³/mol. The van der Waals surface area contributed by atoms with E-state index in [4.69, 9.17) is 9.84 Å². The van der Waals surface area contributed by atoms with E-state index < -0.39 is 5.97 Å². The molecule has 0 unspecified atom stereocenters. The third kappa shape index (κ3) is 3.51. The number of carboxylic acid groups (broad SMARTS) is 1. The van der Waals surface area contributed by atoms with Gasteiger partial charge in [0, 0.05) is 4.90 Å². The number of benzene rings is 2. The van der Waals surface area contributed by atoms with Crippen molar-refractivity contribution >= 4 is 17.7 Å². The van der Waals surface area contributed by atoms with Gasteiger partial charge in [0.1, 0.15) is 5.75 Å². The molecule has 2 aromatic rings. The summed E-state index contributed by atoms with van der Waals surface area (Å²) < 4.78 is 5.30. The monoisotopic (exact) mass is 274 g/mol. The molecule has 0 radical (unpaired) electrons. The van der Waals surface area contributed by atoms with Crippen LogP contribution >= 0.6 is 11.8 Å². The summed E-state index contributed by atoms with van der Waals surface area (Å²) in [7, 11) is 1.63. The molecule has 0 heterocycles. The number of carbonyl (C=O) groups is 1. The highest BCUT2D eigenvalue weighted by molar-refractivity contribution is 7.99. The summed E-state index contributed by atoms with van der Waals surface area (Å²) >= 11 is 1.52. The zero-order valence-corrected chi connectivity index (χ0v) is 11.3. The van der Waals surface area contributed by atoms with Crippen LogP contribution in [0.2, 0.25) is 0 Å². The van der Waals surface area contributed by atoms with Crippen LogP contribution in [0.4, 0.5) is 0 Å². The molecule has 0 aliphatic carbocycles. The van der Waals surface area contributed by atoms with Crippen molar-refractivity contribution in [2.24, 2.45) is 0 Å². The first-order valence-corrected chi connectivity index (χ1v) is 6.63. The van der Waals surface area contributed by atoms with E-state index in [2.05, 4.69) is 0 Å². The highest BCUT2D eigenvalue weighted by Crippen LogP contribution is 2.36. The SMILES string of the molecule is COc1ccccc1Sc1ccccc1CC(=O)O. The third-order valence-corrected chi connectivity index (χ3v) is 3.78. The molecule has 0 aliphatic rings. The van der Waals surface area contributed by atoms with Crippen LogP contribution in [0.5, 0.6) is 5.75 Å². The van der Waals surface area contributed by atoms with E-state index in [1.54, 1.807) is 7.11 Å². The minimum absolute atomic E-state index is 0.0261. The zero-order chi connectivity index (χ0) is 13.7. The smallest absolute Gasteiger partial charge is 0.307 e. The minimum atomic E-state index is -0.826. The van der Waals surface area contributed by atoms with Gasteiger partial charge in [-0.05, 0) is 23.8 Å². The summed E-state index contributed by atoms with van der Waals surface area (Å²) in [5, 5.41) is 8.92. The maximum absolute atomic E-state index is 10.9.